The summed E-state index contributed by atoms with van der Waals surface area (Å²) in [5.41, 5.74) is 1.79. The van der Waals surface area contributed by atoms with Crippen molar-refractivity contribution in [3.05, 3.63) is 48.0 Å². The van der Waals surface area contributed by atoms with Crippen LogP contribution in [0.25, 0.3) is 10.9 Å². The van der Waals surface area contributed by atoms with Gasteiger partial charge in [-0.3, -0.25) is 0 Å². The van der Waals surface area contributed by atoms with Crippen molar-refractivity contribution in [3.8, 4) is 11.5 Å². The molecular formula is C19H23ClN4O3. The van der Waals surface area contributed by atoms with Crippen molar-refractivity contribution in [2.45, 2.75) is 6.54 Å². The van der Waals surface area contributed by atoms with Gasteiger partial charge in [0.25, 0.3) is 0 Å². The number of methoxy groups -OCH3 is 2. The number of ether oxygens (including phenoxy) is 2. The first kappa shape index (κ1) is 20.5. The van der Waals surface area contributed by atoms with Crippen LogP contribution in [0, 0.1) is 0 Å². The number of halogens is 1. The highest BCUT2D eigenvalue weighted by atomic mass is 35.5. The van der Waals surface area contributed by atoms with Gasteiger partial charge in [-0.05, 0) is 24.3 Å². The number of aromatic nitrogens is 2. The summed E-state index contributed by atoms with van der Waals surface area (Å²) in [4.78, 5) is 9.09. The molecule has 1 aromatic heterocycles. The zero-order valence-electron chi connectivity index (χ0n) is 15.2. The predicted octanol–water partition coefficient (Wildman–Crippen LogP) is 3.09. The summed E-state index contributed by atoms with van der Waals surface area (Å²) in [6.07, 6.45) is 0. The summed E-state index contributed by atoms with van der Waals surface area (Å²) in [5.74, 6) is 2.66. The molecule has 0 bridgehead atoms. The lowest BCUT2D eigenvalue weighted by molar-refractivity contribution is 0.311. The van der Waals surface area contributed by atoms with Crippen molar-refractivity contribution in [1.82, 2.24) is 9.97 Å². The van der Waals surface area contributed by atoms with E-state index in [-0.39, 0.29) is 19.0 Å². The summed E-state index contributed by atoms with van der Waals surface area (Å²) >= 11 is 0. The van der Waals surface area contributed by atoms with Gasteiger partial charge >= 0.3 is 0 Å². The quantitative estimate of drug-likeness (QED) is 0.544. The second kappa shape index (κ2) is 9.80. The first-order valence-corrected chi connectivity index (χ1v) is 8.31. The minimum Gasteiger partial charge on any atom is -0.497 e. The highest BCUT2D eigenvalue weighted by Gasteiger charge is 2.09. The van der Waals surface area contributed by atoms with Crippen molar-refractivity contribution in [2.24, 2.45) is 0 Å². The maximum atomic E-state index is 9.08. The second-order valence-electron chi connectivity index (χ2n) is 5.59. The number of fused-ring (bicyclic) bond motifs is 1. The summed E-state index contributed by atoms with van der Waals surface area (Å²) < 4.78 is 10.6. The van der Waals surface area contributed by atoms with Gasteiger partial charge < -0.3 is 25.2 Å². The molecule has 3 rings (SSSR count). The SMILES string of the molecule is COc1ccc(CNc2nc(NCCO)c3ccccc3n2)c(OC)c1.Cl. The highest BCUT2D eigenvalue weighted by molar-refractivity contribution is 5.90. The van der Waals surface area contributed by atoms with Gasteiger partial charge in [0.2, 0.25) is 5.95 Å². The Labute approximate surface area is 164 Å². The molecule has 0 saturated carbocycles. The Balaban J connectivity index is 0.00000261. The molecule has 0 aliphatic heterocycles. The van der Waals surface area contributed by atoms with Crippen LogP contribution in [0.2, 0.25) is 0 Å². The fourth-order valence-electron chi connectivity index (χ4n) is 2.64. The molecule has 3 aromatic rings. The zero-order chi connectivity index (χ0) is 18.4. The van der Waals surface area contributed by atoms with Crippen LogP contribution in [0.3, 0.4) is 0 Å². The summed E-state index contributed by atoms with van der Waals surface area (Å²) in [6.45, 7) is 0.960. The molecule has 0 spiro atoms. The first-order valence-electron chi connectivity index (χ1n) is 8.31. The average Bonchev–Trinajstić information content (AvgIpc) is 2.70. The molecule has 0 aliphatic carbocycles. The van der Waals surface area contributed by atoms with Gasteiger partial charge in [-0.25, -0.2) is 4.98 Å². The van der Waals surface area contributed by atoms with E-state index >= 15 is 0 Å². The number of anilines is 2. The fraction of sp³-hybridized carbons (Fsp3) is 0.263. The van der Waals surface area contributed by atoms with E-state index in [0.29, 0.717) is 24.9 Å². The van der Waals surface area contributed by atoms with Gasteiger partial charge in [-0.2, -0.15) is 4.98 Å². The minimum atomic E-state index is 0. The smallest absolute Gasteiger partial charge is 0.225 e. The Bertz CT molecular complexity index is 892. The molecule has 2 aromatic carbocycles. The number of para-hydroxylation sites is 1. The molecule has 3 N–H and O–H groups in total. The second-order valence-corrected chi connectivity index (χ2v) is 5.59. The van der Waals surface area contributed by atoms with E-state index < -0.39 is 0 Å². The fourth-order valence-corrected chi connectivity index (χ4v) is 2.64. The molecule has 1 heterocycles. The molecular weight excluding hydrogens is 368 g/mol. The molecule has 0 unspecified atom stereocenters. The lowest BCUT2D eigenvalue weighted by Crippen LogP contribution is -2.11. The van der Waals surface area contributed by atoms with Crippen molar-refractivity contribution >= 4 is 35.1 Å². The Morgan fingerprint density at radius 1 is 1.00 bits per heavy atom. The summed E-state index contributed by atoms with van der Waals surface area (Å²) in [6, 6.07) is 13.4. The number of aliphatic hydroxyl groups is 1. The first-order chi connectivity index (χ1) is 12.7. The number of rotatable bonds is 8. The molecule has 8 heteroatoms. The van der Waals surface area contributed by atoms with E-state index in [1.54, 1.807) is 14.2 Å². The van der Waals surface area contributed by atoms with E-state index in [4.69, 9.17) is 14.6 Å². The van der Waals surface area contributed by atoms with Crippen molar-refractivity contribution in [2.75, 3.05) is 38.0 Å². The molecule has 0 radical (unpaired) electrons. The third-order valence-corrected chi connectivity index (χ3v) is 3.94. The normalized spacial score (nSPS) is 10.2. The van der Waals surface area contributed by atoms with Gasteiger partial charge in [0.15, 0.2) is 0 Å². The van der Waals surface area contributed by atoms with E-state index in [0.717, 1.165) is 28.0 Å². The molecule has 0 atom stereocenters. The van der Waals surface area contributed by atoms with Crippen LogP contribution in [0.4, 0.5) is 11.8 Å². The van der Waals surface area contributed by atoms with Crippen LogP contribution < -0.4 is 20.1 Å². The van der Waals surface area contributed by atoms with Gasteiger partial charge in [0, 0.05) is 30.1 Å². The van der Waals surface area contributed by atoms with E-state index in [1.807, 2.05) is 42.5 Å². The molecule has 27 heavy (non-hydrogen) atoms. The maximum Gasteiger partial charge on any atom is 0.225 e. The topological polar surface area (TPSA) is 88.5 Å². The van der Waals surface area contributed by atoms with Crippen LogP contribution in [0.1, 0.15) is 5.56 Å². The van der Waals surface area contributed by atoms with Crippen LogP contribution in [-0.2, 0) is 6.54 Å². The molecule has 0 saturated heterocycles. The van der Waals surface area contributed by atoms with E-state index in [1.165, 1.54) is 0 Å². The van der Waals surface area contributed by atoms with Crippen molar-refractivity contribution in [1.29, 1.82) is 0 Å². The lowest BCUT2D eigenvalue weighted by Gasteiger charge is -2.13. The lowest BCUT2D eigenvalue weighted by atomic mass is 10.2. The largest absolute Gasteiger partial charge is 0.497 e. The van der Waals surface area contributed by atoms with Crippen molar-refractivity contribution < 1.29 is 14.6 Å². The van der Waals surface area contributed by atoms with Crippen molar-refractivity contribution in [3.63, 3.8) is 0 Å². The summed E-state index contributed by atoms with van der Waals surface area (Å²) in [7, 11) is 3.25. The standard InChI is InChI=1S/C19H22N4O3.ClH/c1-25-14-8-7-13(17(11-14)26-2)12-21-19-22-16-6-4-3-5-15(16)18(23-19)20-9-10-24;/h3-8,11,24H,9-10,12H2,1-2H3,(H2,20,21,22,23);1H. The van der Waals surface area contributed by atoms with E-state index in [9.17, 15) is 0 Å². The molecule has 144 valence electrons. The molecule has 0 amide bonds. The third-order valence-electron chi connectivity index (χ3n) is 3.94. The van der Waals surface area contributed by atoms with Crippen LogP contribution >= 0.6 is 12.4 Å². The van der Waals surface area contributed by atoms with E-state index in [2.05, 4.69) is 20.6 Å². The van der Waals surface area contributed by atoms with Gasteiger partial charge in [0.05, 0.1) is 26.3 Å². The maximum absolute atomic E-state index is 9.08. The zero-order valence-corrected chi connectivity index (χ0v) is 16.0. The van der Waals surface area contributed by atoms with Gasteiger partial charge in [-0.1, -0.05) is 12.1 Å². The van der Waals surface area contributed by atoms with Crippen LogP contribution in [0.5, 0.6) is 11.5 Å². The Morgan fingerprint density at radius 3 is 2.56 bits per heavy atom. The van der Waals surface area contributed by atoms with Gasteiger partial charge in [-0.15, -0.1) is 12.4 Å². The number of nitrogens with zero attached hydrogens (tertiary/aromatic N) is 2. The Morgan fingerprint density at radius 2 is 1.81 bits per heavy atom. The number of hydrogen-bond donors (Lipinski definition) is 3. The predicted molar refractivity (Wildman–Crippen MR) is 109 cm³/mol. The van der Waals surface area contributed by atoms with Crippen LogP contribution in [-0.4, -0.2) is 42.4 Å². The highest BCUT2D eigenvalue weighted by Crippen LogP contribution is 2.26. The molecule has 7 nitrogen and oxygen atoms in total. The number of aliphatic hydroxyl groups excluding tert-OH is 1. The van der Waals surface area contributed by atoms with Gasteiger partial charge in [0.1, 0.15) is 17.3 Å². The molecule has 0 aliphatic rings. The number of hydrogen-bond acceptors (Lipinski definition) is 7. The Kier molecular flexibility index (Phi) is 7.45. The number of benzene rings is 2. The monoisotopic (exact) mass is 390 g/mol. The Hall–Kier alpha value is -2.77. The summed E-state index contributed by atoms with van der Waals surface area (Å²) in [5, 5.41) is 16.4. The average molecular weight is 391 g/mol. The third kappa shape index (κ3) is 4.90. The number of nitrogens with one attached hydrogen (secondary N) is 2. The van der Waals surface area contributed by atoms with Crippen LogP contribution in [0.15, 0.2) is 42.5 Å². The molecule has 0 fully saturated rings. The minimum absolute atomic E-state index is 0.